The molecule has 24 heavy (non-hydrogen) atoms. The van der Waals surface area contributed by atoms with Crippen molar-refractivity contribution in [2.75, 3.05) is 7.11 Å². The number of benzene rings is 1. The summed E-state index contributed by atoms with van der Waals surface area (Å²) < 4.78 is 12.6. The number of aromatic nitrogens is 1. The van der Waals surface area contributed by atoms with Crippen LogP contribution in [0.25, 0.3) is 0 Å². The maximum atomic E-state index is 12.6. The molecular weight excluding hydrogens is 306 g/mol. The molecule has 0 saturated heterocycles. The Hall–Kier alpha value is -2.66. The van der Waals surface area contributed by atoms with E-state index in [9.17, 15) is 9.59 Å². The molecule has 124 valence electrons. The first-order chi connectivity index (χ1) is 11.5. The number of Topliss-reactive ketones (excluding diaryl/α,β-unsaturated/α-hetero) is 1. The summed E-state index contributed by atoms with van der Waals surface area (Å²) in [4.78, 5) is 24.9. The highest BCUT2D eigenvalue weighted by atomic mass is 16.5. The highest BCUT2D eigenvalue weighted by molar-refractivity contribution is 6.24. The van der Waals surface area contributed by atoms with Crippen LogP contribution in [0.4, 0.5) is 0 Å². The van der Waals surface area contributed by atoms with Crippen molar-refractivity contribution < 1.29 is 19.1 Å². The van der Waals surface area contributed by atoms with Crippen LogP contribution in [0.5, 0.6) is 0 Å². The van der Waals surface area contributed by atoms with Crippen LogP contribution in [0.3, 0.4) is 0 Å². The summed E-state index contributed by atoms with van der Waals surface area (Å²) in [6.07, 6.45) is 1.25. The molecule has 0 aliphatic heterocycles. The quantitative estimate of drug-likeness (QED) is 0.848. The van der Waals surface area contributed by atoms with Gasteiger partial charge in [-0.3, -0.25) is 9.59 Å². The summed E-state index contributed by atoms with van der Waals surface area (Å²) in [5.74, 6) is -0.419. The Kier molecular flexibility index (Phi) is 4.36. The lowest BCUT2D eigenvalue weighted by molar-refractivity contribution is 0.0897. The van der Waals surface area contributed by atoms with E-state index in [-0.39, 0.29) is 23.9 Å². The SMILES string of the molecule is COC1=CC(=O)c2c(c(COCc3ccccc3)c(C)n2C)C1=O. The van der Waals surface area contributed by atoms with E-state index in [4.69, 9.17) is 9.47 Å². The van der Waals surface area contributed by atoms with Crippen molar-refractivity contribution in [2.24, 2.45) is 7.05 Å². The third-order valence-electron chi connectivity index (χ3n) is 4.34. The van der Waals surface area contributed by atoms with Crippen molar-refractivity contribution >= 4 is 11.6 Å². The summed E-state index contributed by atoms with van der Waals surface area (Å²) in [5, 5.41) is 0. The molecule has 0 unspecified atom stereocenters. The average Bonchev–Trinajstić information content (AvgIpc) is 2.84. The van der Waals surface area contributed by atoms with Gasteiger partial charge in [0.25, 0.3) is 0 Å². The molecule has 5 heteroatoms. The number of fused-ring (bicyclic) bond motifs is 1. The number of ether oxygens (including phenoxy) is 2. The molecule has 3 rings (SSSR count). The van der Waals surface area contributed by atoms with Crippen LogP contribution in [-0.2, 0) is 29.7 Å². The van der Waals surface area contributed by atoms with Gasteiger partial charge in [-0.1, -0.05) is 30.3 Å². The predicted octanol–water partition coefficient (Wildman–Crippen LogP) is 2.96. The summed E-state index contributed by atoms with van der Waals surface area (Å²) in [6.45, 7) is 2.59. The van der Waals surface area contributed by atoms with Gasteiger partial charge in [0.1, 0.15) is 5.69 Å². The third-order valence-corrected chi connectivity index (χ3v) is 4.34. The Balaban J connectivity index is 1.89. The molecule has 0 radical (unpaired) electrons. The van der Waals surface area contributed by atoms with Gasteiger partial charge >= 0.3 is 0 Å². The normalized spacial score (nSPS) is 13.7. The Morgan fingerprint density at radius 2 is 1.79 bits per heavy atom. The highest BCUT2D eigenvalue weighted by Crippen LogP contribution is 2.30. The molecule has 0 N–H and O–H groups in total. The second kappa shape index (κ2) is 6.45. The van der Waals surface area contributed by atoms with E-state index in [0.29, 0.717) is 17.9 Å². The molecule has 0 spiro atoms. The van der Waals surface area contributed by atoms with Gasteiger partial charge in [-0.25, -0.2) is 0 Å². The van der Waals surface area contributed by atoms with E-state index < -0.39 is 0 Å². The first kappa shape index (κ1) is 16.2. The molecule has 1 aromatic carbocycles. The van der Waals surface area contributed by atoms with E-state index in [2.05, 4.69) is 0 Å². The number of rotatable bonds is 5. The van der Waals surface area contributed by atoms with Gasteiger partial charge < -0.3 is 14.0 Å². The van der Waals surface area contributed by atoms with E-state index in [1.54, 1.807) is 11.6 Å². The van der Waals surface area contributed by atoms with Gasteiger partial charge in [0.2, 0.25) is 11.6 Å². The summed E-state index contributed by atoms with van der Waals surface area (Å²) in [6, 6.07) is 9.81. The zero-order valence-corrected chi connectivity index (χ0v) is 14.0. The standard InChI is InChI=1S/C19H19NO4/c1-12-14(11-24-10-13-7-5-4-6-8-13)17-18(20(12)2)15(21)9-16(23-3)19(17)22/h4-9H,10-11H2,1-3H3. The second-order valence-corrected chi connectivity index (χ2v) is 5.73. The van der Waals surface area contributed by atoms with Crippen molar-refractivity contribution in [1.29, 1.82) is 0 Å². The zero-order valence-electron chi connectivity index (χ0n) is 14.0. The van der Waals surface area contributed by atoms with Crippen molar-refractivity contribution in [3.05, 3.63) is 70.2 Å². The van der Waals surface area contributed by atoms with Crippen molar-refractivity contribution in [3.63, 3.8) is 0 Å². The number of hydrogen-bond acceptors (Lipinski definition) is 4. The van der Waals surface area contributed by atoms with Gasteiger partial charge in [-0.2, -0.15) is 0 Å². The summed E-state index contributed by atoms with van der Waals surface area (Å²) in [5.41, 5.74) is 3.44. The number of carbonyl (C=O) groups is 2. The van der Waals surface area contributed by atoms with Crippen LogP contribution in [0.1, 0.15) is 37.7 Å². The van der Waals surface area contributed by atoms with E-state index in [1.807, 2.05) is 37.3 Å². The van der Waals surface area contributed by atoms with Crippen LogP contribution in [0.15, 0.2) is 42.2 Å². The molecule has 1 heterocycles. The molecule has 1 aromatic heterocycles. The molecule has 0 bridgehead atoms. The Labute approximate surface area is 140 Å². The third kappa shape index (κ3) is 2.67. The van der Waals surface area contributed by atoms with Gasteiger partial charge in [0, 0.05) is 24.4 Å². The van der Waals surface area contributed by atoms with E-state index in [1.165, 1.54) is 13.2 Å². The first-order valence-electron chi connectivity index (χ1n) is 7.69. The van der Waals surface area contributed by atoms with E-state index >= 15 is 0 Å². The second-order valence-electron chi connectivity index (χ2n) is 5.73. The lowest BCUT2D eigenvalue weighted by Gasteiger charge is -2.13. The van der Waals surface area contributed by atoms with Gasteiger partial charge in [-0.15, -0.1) is 0 Å². The van der Waals surface area contributed by atoms with Crippen LogP contribution < -0.4 is 0 Å². The van der Waals surface area contributed by atoms with Crippen LogP contribution in [-0.4, -0.2) is 23.2 Å². The lowest BCUT2D eigenvalue weighted by atomic mass is 9.96. The number of allylic oxidation sites excluding steroid dienone is 2. The summed E-state index contributed by atoms with van der Waals surface area (Å²) >= 11 is 0. The topological polar surface area (TPSA) is 57.5 Å². The fourth-order valence-electron chi connectivity index (χ4n) is 2.94. The van der Waals surface area contributed by atoms with Gasteiger partial charge in [0.05, 0.1) is 25.9 Å². The fraction of sp³-hybridized carbons (Fsp3) is 0.263. The Morgan fingerprint density at radius 1 is 1.08 bits per heavy atom. The molecule has 2 aromatic rings. The van der Waals surface area contributed by atoms with Crippen molar-refractivity contribution in [2.45, 2.75) is 20.1 Å². The van der Waals surface area contributed by atoms with E-state index in [0.717, 1.165) is 16.8 Å². The Morgan fingerprint density at radius 3 is 2.46 bits per heavy atom. The molecule has 1 aliphatic rings. The molecule has 5 nitrogen and oxygen atoms in total. The molecule has 0 atom stereocenters. The van der Waals surface area contributed by atoms with Gasteiger partial charge in [-0.05, 0) is 12.5 Å². The van der Waals surface area contributed by atoms with Crippen molar-refractivity contribution in [1.82, 2.24) is 4.57 Å². The number of hydrogen-bond donors (Lipinski definition) is 0. The fourth-order valence-corrected chi connectivity index (χ4v) is 2.94. The predicted molar refractivity (Wildman–Crippen MR) is 88.8 cm³/mol. The molecule has 0 amide bonds. The largest absolute Gasteiger partial charge is 0.492 e. The number of methoxy groups -OCH3 is 1. The minimum atomic E-state index is -0.269. The smallest absolute Gasteiger partial charge is 0.230 e. The van der Waals surface area contributed by atoms with Crippen molar-refractivity contribution in [3.8, 4) is 0 Å². The average molecular weight is 325 g/mol. The molecule has 1 aliphatic carbocycles. The van der Waals surface area contributed by atoms with Gasteiger partial charge in [0.15, 0.2) is 5.76 Å². The number of ketones is 2. The van der Waals surface area contributed by atoms with Crippen LogP contribution in [0.2, 0.25) is 0 Å². The minimum Gasteiger partial charge on any atom is -0.492 e. The van der Waals surface area contributed by atoms with Crippen LogP contribution in [0, 0.1) is 6.92 Å². The minimum absolute atomic E-state index is 0.0717. The molecular formula is C19H19NO4. The number of nitrogens with zero attached hydrogens (tertiary/aromatic N) is 1. The maximum absolute atomic E-state index is 12.6. The first-order valence-corrected chi connectivity index (χ1v) is 7.69. The monoisotopic (exact) mass is 325 g/mol. The Bertz CT molecular complexity index is 831. The number of carbonyl (C=O) groups excluding carboxylic acids is 2. The summed E-state index contributed by atoms with van der Waals surface area (Å²) in [7, 11) is 3.18. The highest BCUT2D eigenvalue weighted by Gasteiger charge is 2.33. The molecule has 0 saturated carbocycles. The molecule has 0 fully saturated rings. The van der Waals surface area contributed by atoms with Crippen LogP contribution >= 0.6 is 0 Å². The zero-order chi connectivity index (χ0) is 17.3. The maximum Gasteiger partial charge on any atom is 0.230 e. The lowest BCUT2D eigenvalue weighted by Crippen LogP contribution is -2.20.